The van der Waals surface area contributed by atoms with Crippen LogP contribution in [0.3, 0.4) is 0 Å². The zero-order chi connectivity index (χ0) is 21.9. The van der Waals surface area contributed by atoms with Gasteiger partial charge in [0.2, 0.25) is 12.2 Å². The van der Waals surface area contributed by atoms with Gasteiger partial charge in [-0.2, -0.15) is 0 Å². The Morgan fingerprint density at radius 1 is 1.07 bits per heavy atom. The maximum Gasteiger partial charge on any atom is 0.288 e. The van der Waals surface area contributed by atoms with Crippen molar-refractivity contribution in [2.24, 2.45) is 0 Å². The van der Waals surface area contributed by atoms with E-state index >= 15 is 0 Å². The highest BCUT2D eigenvalue weighted by molar-refractivity contribution is 5.92. The van der Waals surface area contributed by atoms with Crippen molar-refractivity contribution < 1.29 is 9.59 Å². The molecule has 0 radical (unpaired) electrons. The Bertz CT molecular complexity index is 1070. The fourth-order valence-corrected chi connectivity index (χ4v) is 3.03. The van der Waals surface area contributed by atoms with Crippen molar-refractivity contribution in [3.8, 4) is 11.1 Å². The molecule has 1 N–H and O–H groups in total. The van der Waals surface area contributed by atoms with Gasteiger partial charge in [-0.3, -0.25) is 14.5 Å². The van der Waals surface area contributed by atoms with E-state index in [0.717, 1.165) is 16.7 Å². The second-order valence-corrected chi connectivity index (χ2v) is 7.79. The molecule has 2 amide bonds. The summed E-state index contributed by atoms with van der Waals surface area (Å²) in [4.78, 5) is 42.3. The number of rotatable bonds is 5. The number of carbonyl (C=O) groups is 2. The van der Waals surface area contributed by atoms with E-state index in [9.17, 15) is 9.59 Å². The number of hydrogen-bond donors (Lipinski definition) is 1. The quantitative estimate of drug-likeness (QED) is 0.656. The number of aromatic nitrogens is 4. The Labute approximate surface area is 175 Å². The first-order valence-corrected chi connectivity index (χ1v) is 9.48. The van der Waals surface area contributed by atoms with Crippen molar-refractivity contribution in [3.63, 3.8) is 0 Å². The fraction of sp³-hybridized carbons (Fsp3) is 0.273. The number of anilines is 2. The van der Waals surface area contributed by atoms with E-state index in [1.165, 1.54) is 18.1 Å². The van der Waals surface area contributed by atoms with Gasteiger partial charge in [0, 0.05) is 31.2 Å². The molecule has 2 heterocycles. The average Bonchev–Trinajstić information content (AvgIpc) is 2.73. The van der Waals surface area contributed by atoms with Crippen LogP contribution in [0.4, 0.5) is 11.5 Å². The first-order chi connectivity index (χ1) is 14.2. The van der Waals surface area contributed by atoms with Crippen molar-refractivity contribution in [2.45, 2.75) is 33.1 Å². The van der Waals surface area contributed by atoms with Gasteiger partial charge in [-0.15, -0.1) is 0 Å². The molecule has 0 aliphatic rings. The van der Waals surface area contributed by atoms with E-state index in [1.54, 1.807) is 18.5 Å². The molecular weight excluding hydrogens is 380 g/mol. The van der Waals surface area contributed by atoms with Gasteiger partial charge >= 0.3 is 0 Å². The standard InChI is InChI=1S/C22H24N6O2/c1-14-25-11-16(12-26-14)15-6-7-17(22(2,3)4)18(10-15)28(13-29)19-8-9-24-20(27-19)21(30)23-5/h6-13H,1-5H3,(H,23,30). The topological polar surface area (TPSA) is 101 Å². The van der Waals surface area contributed by atoms with Crippen molar-refractivity contribution in [1.29, 1.82) is 0 Å². The van der Waals surface area contributed by atoms with Gasteiger partial charge in [-0.25, -0.2) is 19.9 Å². The van der Waals surface area contributed by atoms with E-state index in [0.29, 0.717) is 23.7 Å². The van der Waals surface area contributed by atoms with Crippen LogP contribution in [0.15, 0.2) is 42.9 Å². The van der Waals surface area contributed by atoms with Gasteiger partial charge in [0.05, 0.1) is 5.69 Å². The van der Waals surface area contributed by atoms with Gasteiger partial charge in [-0.1, -0.05) is 32.9 Å². The highest BCUT2D eigenvalue weighted by Gasteiger charge is 2.24. The molecule has 0 atom stereocenters. The predicted octanol–water partition coefficient (Wildman–Crippen LogP) is 3.19. The molecular formula is C22H24N6O2. The second-order valence-electron chi connectivity index (χ2n) is 7.79. The lowest BCUT2D eigenvalue weighted by atomic mass is 9.84. The van der Waals surface area contributed by atoms with Crippen LogP contribution in [0.2, 0.25) is 0 Å². The normalized spacial score (nSPS) is 11.1. The maximum atomic E-state index is 12.2. The molecule has 0 saturated carbocycles. The van der Waals surface area contributed by atoms with E-state index in [1.807, 2.05) is 25.1 Å². The van der Waals surface area contributed by atoms with Gasteiger partial charge in [-0.05, 0) is 35.6 Å². The molecule has 0 spiro atoms. The summed E-state index contributed by atoms with van der Waals surface area (Å²) in [7, 11) is 1.50. The van der Waals surface area contributed by atoms with Crippen LogP contribution in [-0.4, -0.2) is 39.3 Å². The summed E-state index contributed by atoms with van der Waals surface area (Å²) in [6.07, 6.45) is 5.64. The summed E-state index contributed by atoms with van der Waals surface area (Å²) < 4.78 is 0. The molecule has 3 aromatic rings. The third-order valence-corrected chi connectivity index (χ3v) is 4.60. The molecule has 30 heavy (non-hydrogen) atoms. The number of benzene rings is 1. The number of amides is 2. The monoisotopic (exact) mass is 404 g/mol. The minimum absolute atomic E-state index is 0.0118. The van der Waals surface area contributed by atoms with Crippen LogP contribution in [0, 0.1) is 6.92 Å². The molecule has 0 fully saturated rings. The average molecular weight is 404 g/mol. The third kappa shape index (κ3) is 4.32. The Morgan fingerprint density at radius 2 is 1.77 bits per heavy atom. The smallest absolute Gasteiger partial charge is 0.288 e. The number of nitrogens with one attached hydrogen (secondary N) is 1. The Kier molecular flexibility index (Phi) is 5.86. The van der Waals surface area contributed by atoms with Crippen molar-refractivity contribution in [1.82, 2.24) is 25.3 Å². The van der Waals surface area contributed by atoms with Crippen LogP contribution in [0.1, 0.15) is 42.8 Å². The molecule has 0 aliphatic carbocycles. The number of nitrogens with zero attached hydrogens (tertiary/aromatic N) is 5. The predicted molar refractivity (Wildman–Crippen MR) is 115 cm³/mol. The Balaban J connectivity index is 2.17. The number of carbonyl (C=O) groups excluding carboxylic acids is 2. The molecule has 0 unspecified atom stereocenters. The second kappa shape index (κ2) is 8.36. The summed E-state index contributed by atoms with van der Waals surface area (Å²) in [5, 5.41) is 2.49. The highest BCUT2D eigenvalue weighted by atomic mass is 16.2. The molecule has 2 aromatic heterocycles. The summed E-state index contributed by atoms with van der Waals surface area (Å²) in [5.41, 5.74) is 3.08. The zero-order valence-electron chi connectivity index (χ0n) is 17.7. The van der Waals surface area contributed by atoms with Gasteiger partial charge < -0.3 is 5.32 Å². The third-order valence-electron chi connectivity index (χ3n) is 4.60. The van der Waals surface area contributed by atoms with E-state index < -0.39 is 5.91 Å². The fourth-order valence-electron chi connectivity index (χ4n) is 3.03. The largest absolute Gasteiger partial charge is 0.352 e. The minimum Gasteiger partial charge on any atom is -0.352 e. The molecule has 3 rings (SSSR count). The molecule has 1 aromatic carbocycles. The summed E-state index contributed by atoms with van der Waals surface area (Å²) in [6.45, 7) is 8.03. The van der Waals surface area contributed by atoms with Crippen molar-refractivity contribution >= 4 is 23.8 Å². The molecule has 0 aliphatic heterocycles. The van der Waals surface area contributed by atoms with Crippen LogP contribution < -0.4 is 10.2 Å². The van der Waals surface area contributed by atoms with Crippen LogP contribution in [0.5, 0.6) is 0 Å². The minimum atomic E-state index is -0.427. The van der Waals surface area contributed by atoms with E-state index in [2.05, 4.69) is 46.0 Å². The van der Waals surface area contributed by atoms with E-state index in [4.69, 9.17) is 0 Å². The molecule has 0 bridgehead atoms. The van der Waals surface area contributed by atoms with Gasteiger partial charge in [0.25, 0.3) is 5.91 Å². The first-order valence-electron chi connectivity index (χ1n) is 9.48. The molecule has 8 heteroatoms. The van der Waals surface area contributed by atoms with E-state index in [-0.39, 0.29) is 11.2 Å². The van der Waals surface area contributed by atoms with Crippen molar-refractivity contribution in [2.75, 3.05) is 11.9 Å². The zero-order valence-corrected chi connectivity index (χ0v) is 17.7. The lowest BCUT2D eigenvalue weighted by Crippen LogP contribution is -2.25. The number of hydrogen-bond acceptors (Lipinski definition) is 6. The van der Waals surface area contributed by atoms with Crippen LogP contribution in [-0.2, 0) is 10.2 Å². The number of aryl methyl sites for hydroxylation is 1. The van der Waals surface area contributed by atoms with Gasteiger partial charge in [0.15, 0.2) is 0 Å². The highest BCUT2D eigenvalue weighted by Crippen LogP contribution is 2.37. The SMILES string of the molecule is CNC(=O)c1nccc(N(C=O)c2cc(-c3cnc(C)nc3)ccc2C(C)(C)C)n1. The molecule has 0 saturated heterocycles. The lowest BCUT2D eigenvalue weighted by molar-refractivity contribution is -0.106. The summed E-state index contributed by atoms with van der Waals surface area (Å²) in [5.74, 6) is 0.551. The van der Waals surface area contributed by atoms with Crippen LogP contribution >= 0.6 is 0 Å². The molecule has 154 valence electrons. The Hall–Kier alpha value is -3.68. The summed E-state index contributed by atoms with van der Waals surface area (Å²) in [6, 6.07) is 7.47. The van der Waals surface area contributed by atoms with Crippen molar-refractivity contribution in [3.05, 3.63) is 60.1 Å². The maximum absolute atomic E-state index is 12.2. The lowest BCUT2D eigenvalue weighted by Gasteiger charge is -2.28. The van der Waals surface area contributed by atoms with Crippen LogP contribution in [0.25, 0.3) is 11.1 Å². The first kappa shape index (κ1) is 21.0. The Morgan fingerprint density at radius 3 is 2.37 bits per heavy atom. The molecule has 8 nitrogen and oxygen atoms in total. The summed E-state index contributed by atoms with van der Waals surface area (Å²) >= 11 is 0. The van der Waals surface area contributed by atoms with Gasteiger partial charge in [0.1, 0.15) is 11.6 Å².